The van der Waals surface area contributed by atoms with Gasteiger partial charge in [0.25, 0.3) is 0 Å². The maximum atomic E-state index is 11.3. The van der Waals surface area contributed by atoms with Crippen LogP contribution in [-0.4, -0.2) is 10.9 Å². The Bertz CT molecular complexity index is 215. The highest BCUT2D eigenvalue weighted by Crippen LogP contribution is 2.57. The first-order valence-electron chi connectivity index (χ1n) is 3.01. The fourth-order valence-electron chi connectivity index (χ4n) is 0.537. The van der Waals surface area contributed by atoms with Gasteiger partial charge in [0.15, 0.2) is 6.49 Å². The SMILES string of the molecule is C=CP(=O)(Cl)C(C)CC(=O)Cl. The van der Waals surface area contributed by atoms with Gasteiger partial charge < -0.3 is 4.57 Å². The number of hydrogen-bond acceptors (Lipinski definition) is 2. The summed E-state index contributed by atoms with van der Waals surface area (Å²) in [4.78, 5) is 10.4. The van der Waals surface area contributed by atoms with Gasteiger partial charge in [0, 0.05) is 12.1 Å². The van der Waals surface area contributed by atoms with E-state index in [4.69, 9.17) is 22.8 Å². The Morgan fingerprint density at radius 3 is 2.55 bits per heavy atom. The van der Waals surface area contributed by atoms with Gasteiger partial charge in [-0.2, -0.15) is 0 Å². The minimum Gasteiger partial charge on any atom is -0.302 e. The quantitative estimate of drug-likeness (QED) is 0.533. The predicted molar refractivity (Wildman–Crippen MR) is 48.6 cm³/mol. The van der Waals surface area contributed by atoms with E-state index in [1.54, 1.807) is 6.92 Å². The Balaban J connectivity index is 4.24. The van der Waals surface area contributed by atoms with E-state index in [1.165, 1.54) is 5.82 Å². The second kappa shape index (κ2) is 4.30. The number of carbonyl (C=O) groups is 1. The fourth-order valence-corrected chi connectivity index (χ4v) is 1.86. The molecular weight excluding hydrogens is 206 g/mol. The third kappa shape index (κ3) is 3.95. The Labute approximate surface area is 75.7 Å². The maximum Gasteiger partial charge on any atom is 0.222 e. The Morgan fingerprint density at radius 2 is 2.27 bits per heavy atom. The average molecular weight is 215 g/mol. The summed E-state index contributed by atoms with van der Waals surface area (Å²) in [5, 5.41) is -0.528. The van der Waals surface area contributed by atoms with Crippen molar-refractivity contribution in [1.82, 2.24) is 0 Å². The van der Waals surface area contributed by atoms with Crippen molar-refractivity contribution in [2.45, 2.75) is 19.0 Å². The first-order valence-corrected chi connectivity index (χ1v) is 6.14. The van der Waals surface area contributed by atoms with Gasteiger partial charge in [-0.15, -0.1) is 0 Å². The van der Waals surface area contributed by atoms with Crippen LogP contribution in [0.15, 0.2) is 12.4 Å². The van der Waals surface area contributed by atoms with Crippen LogP contribution in [0.25, 0.3) is 0 Å². The number of carbonyl (C=O) groups excluding carboxylic acids is 1. The lowest BCUT2D eigenvalue weighted by molar-refractivity contribution is -0.111. The highest BCUT2D eigenvalue weighted by Gasteiger charge is 2.24. The van der Waals surface area contributed by atoms with E-state index >= 15 is 0 Å². The van der Waals surface area contributed by atoms with Gasteiger partial charge in [-0.3, -0.25) is 4.79 Å². The maximum absolute atomic E-state index is 11.3. The van der Waals surface area contributed by atoms with Gasteiger partial charge >= 0.3 is 0 Å². The van der Waals surface area contributed by atoms with Crippen LogP contribution in [0, 0.1) is 0 Å². The van der Waals surface area contributed by atoms with E-state index in [0.29, 0.717) is 0 Å². The van der Waals surface area contributed by atoms with Crippen LogP contribution < -0.4 is 0 Å². The van der Waals surface area contributed by atoms with Crippen LogP contribution in [0.2, 0.25) is 0 Å². The molecule has 0 radical (unpaired) electrons. The van der Waals surface area contributed by atoms with Gasteiger partial charge in [-0.1, -0.05) is 13.5 Å². The molecule has 0 fully saturated rings. The van der Waals surface area contributed by atoms with Crippen LogP contribution in [0.1, 0.15) is 13.3 Å². The number of hydrogen-bond donors (Lipinski definition) is 0. The summed E-state index contributed by atoms with van der Waals surface area (Å²) in [7, 11) is 0. The van der Waals surface area contributed by atoms with E-state index < -0.39 is 17.4 Å². The highest BCUT2D eigenvalue weighted by atomic mass is 35.7. The smallest absolute Gasteiger partial charge is 0.222 e. The molecule has 64 valence electrons. The lowest BCUT2D eigenvalue weighted by atomic mass is 10.4. The summed E-state index contributed by atoms with van der Waals surface area (Å²) in [5.74, 6) is 1.18. The number of rotatable bonds is 4. The normalized spacial score (nSPS) is 18.5. The zero-order valence-electron chi connectivity index (χ0n) is 6.09. The molecule has 0 spiro atoms. The van der Waals surface area contributed by atoms with Crippen molar-refractivity contribution in [3.63, 3.8) is 0 Å². The molecular formula is C6H9Cl2O2P. The van der Waals surface area contributed by atoms with Crippen LogP contribution in [-0.2, 0) is 9.36 Å². The molecule has 0 saturated heterocycles. The largest absolute Gasteiger partial charge is 0.302 e. The summed E-state index contributed by atoms with van der Waals surface area (Å²) >= 11 is 10.6. The van der Waals surface area contributed by atoms with Crippen LogP contribution >= 0.6 is 29.3 Å². The highest BCUT2D eigenvalue weighted by molar-refractivity contribution is 7.92. The van der Waals surface area contributed by atoms with Gasteiger partial charge in [-0.25, -0.2) is 0 Å². The molecule has 0 saturated carbocycles. The van der Waals surface area contributed by atoms with Crippen LogP contribution in [0.4, 0.5) is 0 Å². The van der Waals surface area contributed by atoms with Crippen LogP contribution in [0.5, 0.6) is 0 Å². The summed E-state index contributed by atoms with van der Waals surface area (Å²) < 4.78 is 11.3. The topological polar surface area (TPSA) is 34.1 Å². The van der Waals surface area contributed by atoms with Crippen molar-refractivity contribution in [1.29, 1.82) is 0 Å². The summed E-state index contributed by atoms with van der Waals surface area (Å²) in [5.41, 5.74) is -0.424. The Kier molecular flexibility index (Phi) is 4.38. The molecule has 0 aromatic heterocycles. The summed E-state index contributed by atoms with van der Waals surface area (Å²) in [6.07, 6.45) is 0.0222. The van der Waals surface area contributed by atoms with Gasteiger partial charge in [0.1, 0.15) is 0 Å². The first kappa shape index (κ1) is 11.2. The van der Waals surface area contributed by atoms with E-state index in [2.05, 4.69) is 6.58 Å². The molecule has 0 aliphatic carbocycles. The third-order valence-electron chi connectivity index (χ3n) is 1.31. The molecule has 0 amide bonds. The third-order valence-corrected chi connectivity index (χ3v) is 4.76. The molecule has 0 aliphatic heterocycles. The molecule has 0 bridgehead atoms. The van der Waals surface area contributed by atoms with E-state index in [1.807, 2.05) is 0 Å². The molecule has 2 unspecified atom stereocenters. The van der Waals surface area contributed by atoms with Crippen molar-refractivity contribution < 1.29 is 9.36 Å². The number of halogens is 2. The monoisotopic (exact) mass is 214 g/mol. The lowest BCUT2D eigenvalue weighted by Crippen LogP contribution is -2.02. The molecule has 0 aromatic carbocycles. The molecule has 2 nitrogen and oxygen atoms in total. The van der Waals surface area contributed by atoms with Crippen LogP contribution in [0.3, 0.4) is 0 Å². The van der Waals surface area contributed by atoms with E-state index in [0.717, 1.165) is 0 Å². The lowest BCUT2D eigenvalue weighted by Gasteiger charge is -2.11. The van der Waals surface area contributed by atoms with Crippen molar-refractivity contribution in [2.24, 2.45) is 0 Å². The van der Waals surface area contributed by atoms with Gasteiger partial charge in [-0.05, 0) is 28.7 Å². The van der Waals surface area contributed by atoms with E-state index in [9.17, 15) is 9.36 Å². The van der Waals surface area contributed by atoms with Crippen molar-refractivity contribution >= 4 is 34.6 Å². The summed E-state index contributed by atoms with van der Waals surface area (Å²) in [6, 6.07) is 0. The molecule has 11 heavy (non-hydrogen) atoms. The van der Waals surface area contributed by atoms with Gasteiger partial charge in [0.2, 0.25) is 5.24 Å². The predicted octanol–water partition coefficient (Wildman–Crippen LogP) is 3.19. The molecule has 0 aliphatic rings. The van der Waals surface area contributed by atoms with Crippen molar-refractivity contribution in [3.8, 4) is 0 Å². The standard InChI is InChI=1S/C6H9Cl2O2P/c1-3-11(8,10)5(2)4-6(7)9/h3,5H,1,4H2,2H3. The van der Waals surface area contributed by atoms with Gasteiger partial charge in [0.05, 0.1) is 0 Å². The van der Waals surface area contributed by atoms with Crippen molar-refractivity contribution in [2.75, 3.05) is 0 Å². The molecule has 0 heterocycles. The molecule has 5 heteroatoms. The molecule has 0 N–H and O–H groups in total. The molecule has 0 rings (SSSR count). The average Bonchev–Trinajstić information content (AvgIpc) is 1.86. The zero-order valence-corrected chi connectivity index (χ0v) is 8.49. The minimum atomic E-state index is -2.89. The Morgan fingerprint density at radius 1 is 1.82 bits per heavy atom. The summed E-state index contributed by atoms with van der Waals surface area (Å²) in [6.45, 7) is 2.03. The fraction of sp³-hybridized carbons (Fsp3) is 0.500. The van der Waals surface area contributed by atoms with Crippen molar-refractivity contribution in [3.05, 3.63) is 12.4 Å². The zero-order chi connectivity index (χ0) is 9.07. The first-order chi connectivity index (χ1) is 4.90. The molecule has 2 atom stereocenters. The van der Waals surface area contributed by atoms with E-state index in [-0.39, 0.29) is 6.42 Å². The second-order valence-corrected chi connectivity index (χ2v) is 6.72. The minimum absolute atomic E-state index is 0.0222. The second-order valence-electron chi connectivity index (χ2n) is 2.21. The Hall–Kier alpha value is 0.220. The molecule has 0 aromatic rings.